The van der Waals surface area contributed by atoms with E-state index in [4.69, 9.17) is 14.2 Å². The second-order valence-electron chi connectivity index (χ2n) is 23.1. The van der Waals surface area contributed by atoms with Gasteiger partial charge < -0.3 is 14.2 Å². The van der Waals surface area contributed by atoms with Crippen molar-refractivity contribution in [3.63, 3.8) is 0 Å². The molecule has 0 rings (SSSR count). The van der Waals surface area contributed by atoms with Crippen molar-refractivity contribution in [2.45, 2.75) is 380 Å². The summed E-state index contributed by atoms with van der Waals surface area (Å²) in [6, 6.07) is 0. The number of unbranched alkanes of at least 4 members (excludes halogenated alkanes) is 46. The molecule has 0 aliphatic rings. The van der Waals surface area contributed by atoms with Gasteiger partial charge in [0.2, 0.25) is 0 Å². The van der Waals surface area contributed by atoms with Gasteiger partial charge in [-0.25, -0.2) is 0 Å². The lowest BCUT2D eigenvalue weighted by atomic mass is 10.0. The number of carbonyl (C=O) groups is 3. The van der Waals surface area contributed by atoms with Crippen molar-refractivity contribution in [1.82, 2.24) is 0 Å². The number of esters is 3. The SMILES string of the molecule is CCCCCCC/C=C\C/C=C\C/C=C\CCCCCCCCCCCCCCCCC(=O)OCC(COC(=O)CCCCCCCCCCCCCCCC)OC(=O)CCCCCCCCCCCCCCCCC. The Morgan fingerprint density at radius 3 is 0.737 bits per heavy atom. The molecule has 0 N–H and O–H groups in total. The van der Waals surface area contributed by atoms with Crippen LogP contribution in [0.1, 0.15) is 374 Å². The number of carbonyl (C=O) groups excluding carboxylic acids is 3. The zero-order valence-electron chi connectivity index (χ0n) is 51.3. The minimum atomic E-state index is -0.768. The van der Waals surface area contributed by atoms with Crippen LogP contribution in [0.2, 0.25) is 0 Å². The van der Waals surface area contributed by atoms with Gasteiger partial charge in [-0.15, -0.1) is 0 Å². The third kappa shape index (κ3) is 62.5. The number of ether oxygens (including phenoxy) is 3. The summed E-state index contributed by atoms with van der Waals surface area (Å²) in [5, 5.41) is 0. The molecule has 0 spiro atoms. The Balaban J connectivity index is 4.18. The van der Waals surface area contributed by atoms with Crippen molar-refractivity contribution >= 4 is 17.9 Å². The van der Waals surface area contributed by atoms with Crippen molar-refractivity contribution in [3.8, 4) is 0 Å². The predicted molar refractivity (Wildman–Crippen MR) is 330 cm³/mol. The first kappa shape index (κ1) is 73.6. The highest BCUT2D eigenvalue weighted by atomic mass is 16.6. The molecule has 1 atom stereocenters. The molecule has 0 aromatic heterocycles. The molecule has 0 heterocycles. The highest BCUT2D eigenvalue weighted by Crippen LogP contribution is 2.18. The molecule has 0 amide bonds. The Bertz CT molecular complexity index is 1270. The Morgan fingerprint density at radius 2 is 0.474 bits per heavy atom. The molecule has 76 heavy (non-hydrogen) atoms. The summed E-state index contributed by atoms with van der Waals surface area (Å²) in [4.78, 5) is 38.3. The van der Waals surface area contributed by atoms with Crippen LogP contribution in [0, 0.1) is 0 Å². The molecule has 0 saturated heterocycles. The van der Waals surface area contributed by atoms with Crippen molar-refractivity contribution in [2.75, 3.05) is 13.2 Å². The Morgan fingerprint density at radius 1 is 0.263 bits per heavy atom. The smallest absolute Gasteiger partial charge is 0.306 e. The van der Waals surface area contributed by atoms with Gasteiger partial charge in [0.05, 0.1) is 0 Å². The van der Waals surface area contributed by atoms with Crippen LogP contribution >= 0.6 is 0 Å². The molecule has 0 aromatic rings. The molecule has 446 valence electrons. The van der Waals surface area contributed by atoms with E-state index in [0.717, 1.165) is 70.6 Å². The second kappa shape index (κ2) is 65.2. The standard InChI is InChI=1S/C70H130O6/c1-4-7-10-13-16-19-22-25-28-29-30-31-32-33-34-35-36-37-38-39-40-41-43-45-48-51-54-57-60-63-69(72)75-66-67(65-74-68(71)62-59-56-53-50-47-44-27-24-21-18-15-12-9-6-3)76-70(73)64-61-58-55-52-49-46-42-26-23-20-17-14-11-8-5-2/h22,25,29-30,32-33,67H,4-21,23-24,26-28,31,34-66H2,1-3H3/b25-22-,30-29-,33-32-. The van der Waals surface area contributed by atoms with Crippen LogP contribution in [-0.2, 0) is 28.6 Å². The van der Waals surface area contributed by atoms with Gasteiger partial charge in [-0.1, -0.05) is 333 Å². The fourth-order valence-electron chi connectivity index (χ4n) is 10.3. The normalized spacial score (nSPS) is 12.2. The van der Waals surface area contributed by atoms with Crippen LogP contribution < -0.4 is 0 Å². The van der Waals surface area contributed by atoms with E-state index >= 15 is 0 Å². The summed E-state index contributed by atoms with van der Waals surface area (Å²) in [5.41, 5.74) is 0. The monoisotopic (exact) mass is 1070 g/mol. The lowest BCUT2D eigenvalue weighted by Gasteiger charge is -2.18. The van der Waals surface area contributed by atoms with Crippen molar-refractivity contribution in [3.05, 3.63) is 36.5 Å². The average molecular weight is 1070 g/mol. The van der Waals surface area contributed by atoms with Gasteiger partial charge in [0.25, 0.3) is 0 Å². The third-order valence-electron chi connectivity index (χ3n) is 15.4. The van der Waals surface area contributed by atoms with Crippen LogP contribution in [0.15, 0.2) is 36.5 Å². The summed E-state index contributed by atoms with van der Waals surface area (Å²) in [6.45, 7) is 6.69. The quantitative estimate of drug-likeness (QED) is 0.0261. The van der Waals surface area contributed by atoms with Crippen molar-refractivity contribution in [2.24, 2.45) is 0 Å². The Kier molecular flexibility index (Phi) is 63.1. The highest BCUT2D eigenvalue weighted by molar-refractivity contribution is 5.71. The molecule has 0 aliphatic carbocycles. The largest absolute Gasteiger partial charge is 0.462 e. The number of hydrogen-bond acceptors (Lipinski definition) is 6. The molecule has 0 saturated carbocycles. The summed E-state index contributed by atoms with van der Waals surface area (Å²) >= 11 is 0. The minimum absolute atomic E-state index is 0.0653. The first-order chi connectivity index (χ1) is 37.5. The van der Waals surface area contributed by atoms with E-state index in [1.54, 1.807) is 0 Å². The molecule has 0 aromatic carbocycles. The van der Waals surface area contributed by atoms with Gasteiger partial charge in [-0.05, 0) is 57.8 Å². The van der Waals surface area contributed by atoms with E-state index in [0.29, 0.717) is 19.3 Å². The number of rotatable bonds is 63. The van der Waals surface area contributed by atoms with Gasteiger partial charge in [0, 0.05) is 19.3 Å². The molecular weight excluding hydrogens is 937 g/mol. The maximum absolute atomic E-state index is 12.9. The summed E-state index contributed by atoms with van der Waals surface area (Å²) in [6.07, 6.45) is 80.2. The van der Waals surface area contributed by atoms with E-state index in [2.05, 4.69) is 57.2 Å². The third-order valence-corrected chi connectivity index (χ3v) is 15.4. The highest BCUT2D eigenvalue weighted by Gasteiger charge is 2.19. The van der Waals surface area contributed by atoms with Crippen LogP contribution in [0.25, 0.3) is 0 Å². The fraction of sp³-hybridized carbons (Fsp3) is 0.871. The average Bonchev–Trinajstić information content (AvgIpc) is 3.42. The van der Waals surface area contributed by atoms with Crippen molar-refractivity contribution in [1.29, 1.82) is 0 Å². The summed E-state index contributed by atoms with van der Waals surface area (Å²) in [5.74, 6) is -0.838. The van der Waals surface area contributed by atoms with Crippen LogP contribution in [-0.4, -0.2) is 37.2 Å². The zero-order valence-corrected chi connectivity index (χ0v) is 51.3. The van der Waals surface area contributed by atoms with Gasteiger partial charge in [-0.3, -0.25) is 14.4 Å². The molecule has 0 radical (unpaired) electrons. The molecule has 0 bridgehead atoms. The maximum atomic E-state index is 12.9. The Labute approximate surface area is 474 Å². The van der Waals surface area contributed by atoms with Gasteiger partial charge in [0.1, 0.15) is 13.2 Å². The van der Waals surface area contributed by atoms with Crippen LogP contribution in [0.4, 0.5) is 0 Å². The Hall–Kier alpha value is -2.37. The van der Waals surface area contributed by atoms with Gasteiger partial charge in [0.15, 0.2) is 6.10 Å². The van der Waals surface area contributed by atoms with Crippen LogP contribution in [0.5, 0.6) is 0 Å². The lowest BCUT2D eigenvalue weighted by molar-refractivity contribution is -0.167. The lowest BCUT2D eigenvalue weighted by Crippen LogP contribution is -2.30. The molecule has 0 aliphatic heterocycles. The number of hydrogen-bond donors (Lipinski definition) is 0. The molecular formula is C70H130O6. The predicted octanol–water partition coefficient (Wildman–Crippen LogP) is 23.2. The van der Waals surface area contributed by atoms with E-state index in [-0.39, 0.29) is 31.1 Å². The van der Waals surface area contributed by atoms with E-state index in [9.17, 15) is 14.4 Å². The first-order valence-electron chi connectivity index (χ1n) is 34.0. The van der Waals surface area contributed by atoms with E-state index < -0.39 is 6.10 Å². The molecule has 6 heteroatoms. The first-order valence-corrected chi connectivity index (χ1v) is 34.0. The fourth-order valence-corrected chi connectivity index (χ4v) is 10.3. The number of allylic oxidation sites excluding steroid dienone is 6. The summed E-state index contributed by atoms with van der Waals surface area (Å²) < 4.78 is 17.0. The van der Waals surface area contributed by atoms with E-state index in [1.165, 1.54) is 263 Å². The van der Waals surface area contributed by atoms with Gasteiger partial charge >= 0.3 is 17.9 Å². The molecule has 6 nitrogen and oxygen atoms in total. The van der Waals surface area contributed by atoms with Crippen LogP contribution in [0.3, 0.4) is 0 Å². The zero-order chi connectivity index (χ0) is 55.0. The molecule has 1 unspecified atom stereocenters. The van der Waals surface area contributed by atoms with Crippen molar-refractivity contribution < 1.29 is 28.6 Å². The second-order valence-corrected chi connectivity index (χ2v) is 23.1. The van der Waals surface area contributed by atoms with E-state index in [1.807, 2.05) is 0 Å². The molecule has 0 fully saturated rings. The minimum Gasteiger partial charge on any atom is -0.462 e. The summed E-state index contributed by atoms with van der Waals surface area (Å²) in [7, 11) is 0. The van der Waals surface area contributed by atoms with Gasteiger partial charge in [-0.2, -0.15) is 0 Å². The topological polar surface area (TPSA) is 78.9 Å². The maximum Gasteiger partial charge on any atom is 0.306 e.